The van der Waals surface area contributed by atoms with Gasteiger partial charge in [0.15, 0.2) is 16.8 Å². The average Bonchev–Trinajstić information content (AvgIpc) is 2.92. The van der Waals surface area contributed by atoms with Gasteiger partial charge in [0.1, 0.15) is 6.33 Å². The molecule has 0 radical (unpaired) electrons. The number of amides is 2. The van der Waals surface area contributed by atoms with Crippen LogP contribution in [0.3, 0.4) is 0 Å². The van der Waals surface area contributed by atoms with Crippen molar-refractivity contribution in [1.29, 1.82) is 0 Å². The molecule has 1 aromatic heterocycles. The monoisotopic (exact) mass is 341 g/mol. The second-order valence-corrected chi connectivity index (χ2v) is 5.41. The third-order valence-electron chi connectivity index (χ3n) is 2.65. The van der Waals surface area contributed by atoms with Crippen LogP contribution in [0.2, 0.25) is 0 Å². The highest BCUT2D eigenvalue weighted by Gasteiger charge is 2.10. The number of hydrogen-bond donors (Lipinski definition) is 2. The van der Waals surface area contributed by atoms with E-state index in [9.17, 15) is 18.4 Å². The largest absolute Gasteiger partial charge is 0.346 e. The van der Waals surface area contributed by atoms with Crippen molar-refractivity contribution in [2.45, 2.75) is 5.16 Å². The van der Waals surface area contributed by atoms with Crippen molar-refractivity contribution < 1.29 is 18.4 Å². The molecular weight excluding hydrogens is 328 g/mol. The fourth-order valence-electron chi connectivity index (χ4n) is 1.54. The van der Waals surface area contributed by atoms with Crippen LogP contribution in [0, 0.1) is 11.6 Å². The molecule has 7 nitrogen and oxygen atoms in total. The van der Waals surface area contributed by atoms with Crippen molar-refractivity contribution in [2.75, 3.05) is 17.6 Å². The van der Waals surface area contributed by atoms with Gasteiger partial charge >= 0.3 is 0 Å². The third kappa shape index (κ3) is 5.02. The first kappa shape index (κ1) is 16.9. The summed E-state index contributed by atoms with van der Waals surface area (Å²) in [7, 11) is 1.75. The summed E-state index contributed by atoms with van der Waals surface area (Å²) in [5.41, 5.74) is 0.108. The molecule has 0 atom stereocenters. The van der Waals surface area contributed by atoms with E-state index in [1.54, 1.807) is 11.6 Å². The minimum absolute atomic E-state index is 0.0744. The van der Waals surface area contributed by atoms with E-state index >= 15 is 0 Å². The van der Waals surface area contributed by atoms with Crippen LogP contribution in [0.4, 0.5) is 14.5 Å². The summed E-state index contributed by atoms with van der Waals surface area (Å²) in [5.74, 6) is -2.90. The van der Waals surface area contributed by atoms with Crippen LogP contribution in [0.25, 0.3) is 0 Å². The Morgan fingerprint density at radius 3 is 2.70 bits per heavy atom. The Hall–Kier alpha value is -2.49. The number of halogens is 2. The summed E-state index contributed by atoms with van der Waals surface area (Å²) < 4.78 is 27.4. The second kappa shape index (κ2) is 7.68. The molecule has 10 heteroatoms. The van der Waals surface area contributed by atoms with Gasteiger partial charge in [-0.05, 0) is 12.1 Å². The lowest BCUT2D eigenvalue weighted by atomic mass is 10.3. The van der Waals surface area contributed by atoms with Crippen LogP contribution >= 0.6 is 11.8 Å². The Bertz CT molecular complexity index is 722. The summed E-state index contributed by atoms with van der Waals surface area (Å²) in [5, 5.41) is 12.8. The van der Waals surface area contributed by atoms with Crippen LogP contribution in [0.15, 0.2) is 29.7 Å². The van der Waals surface area contributed by atoms with Crippen molar-refractivity contribution in [3.63, 3.8) is 0 Å². The van der Waals surface area contributed by atoms with Gasteiger partial charge in [0.05, 0.1) is 12.3 Å². The van der Waals surface area contributed by atoms with E-state index in [-0.39, 0.29) is 23.9 Å². The van der Waals surface area contributed by atoms with Crippen LogP contribution in [0.1, 0.15) is 0 Å². The molecule has 0 unspecified atom stereocenters. The summed E-state index contributed by atoms with van der Waals surface area (Å²) in [6.07, 6.45) is 1.51. The number of hydrogen-bond acceptors (Lipinski definition) is 5. The summed E-state index contributed by atoms with van der Waals surface area (Å²) in [6, 6.07) is 2.99. The summed E-state index contributed by atoms with van der Waals surface area (Å²) >= 11 is 1.18. The third-order valence-corrected chi connectivity index (χ3v) is 3.69. The van der Waals surface area contributed by atoms with Gasteiger partial charge in [0, 0.05) is 18.8 Å². The number of rotatable bonds is 6. The average molecular weight is 341 g/mol. The number of carbonyl (C=O) groups is 2. The number of benzene rings is 1. The fourth-order valence-corrected chi connectivity index (χ4v) is 2.26. The van der Waals surface area contributed by atoms with Gasteiger partial charge in [0.2, 0.25) is 11.8 Å². The molecule has 0 bridgehead atoms. The van der Waals surface area contributed by atoms with Gasteiger partial charge in [0.25, 0.3) is 0 Å². The molecule has 2 amide bonds. The molecule has 2 aromatic rings. The Labute approximate surface area is 134 Å². The first-order chi connectivity index (χ1) is 11.0. The second-order valence-electron chi connectivity index (χ2n) is 4.47. The number of carbonyl (C=O) groups excluding carboxylic acids is 2. The van der Waals surface area contributed by atoms with Crippen molar-refractivity contribution >= 4 is 29.3 Å². The van der Waals surface area contributed by atoms with Crippen LogP contribution in [-0.2, 0) is 16.6 Å². The molecular formula is C13H13F2N5O2S. The normalized spacial score (nSPS) is 10.4. The number of aryl methyl sites for hydroxylation is 1. The predicted octanol–water partition coefficient (Wildman–Crippen LogP) is 0.940. The minimum Gasteiger partial charge on any atom is -0.346 e. The molecule has 23 heavy (non-hydrogen) atoms. The van der Waals surface area contributed by atoms with Crippen molar-refractivity contribution in [1.82, 2.24) is 20.1 Å². The van der Waals surface area contributed by atoms with Gasteiger partial charge in [-0.15, -0.1) is 10.2 Å². The lowest BCUT2D eigenvalue weighted by Crippen LogP contribution is -2.34. The maximum Gasteiger partial charge on any atom is 0.243 e. The lowest BCUT2D eigenvalue weighted by molar-refractivity contribution is -0.122. The molecule has 2 N–H and O–H groups in total. The van der Waals surface area contributed by atoms with E-state index in [1.807, 2.05) is 0 Å². The molecule has 122 valence electrons. The van der Waals surface area contributed by atoms with Crippen molar-refractivity contribution in [3.05, 3.63) is 36.2 Å². The van der Waals surface area contributed by atoms with E-state index in [0.29, 0.717) is 5.16 Å². The van der Waals surface area contributed by atoms with Gasteiger partial charge in [-0.1, -0.05) is 11.8 Å². The Morgan fingerprint density at radius 2 is 2.04 bits per heavy atom. The first-order valence-corrected chi connectivity index (χ1v) is 7.42. The summed E-state index contributed by atoms with van der Waals surface area (Å²) in [4.78, 5) is 23.3. The summed E-state index contributed by atoms with van der Waals surface area (Å²) in [6.45, 7) is -0.281. The zero-order valence-corrected chi connectivity index (χ0v) is 12.9. The minimum atomic E-state index is -1.06. The zero-order chi connectivity index (χ0) is 16.8. The number of anilines is 1. The quantitative estimate of drug-likeness (QED) is 0.764. The molecule has 1 aromatic carbocycles. The maximum absolute atomic E-state index is 13.0. The smallest absolute Gasteiger partial charge is 0.243 e. The number of aromatic nitrogens is 3. The Balaban J connectivity index is 1.74. The van der Waals surface area contributed by atoms with Crippen molar-refractivity contribution in [2.24, 2.45) is 7.05 Å². The van der Waals surface area contributed by atoms with E-state index in [4.69, 9.17) is 0 Å². The molecule has 0 fully saturated rings. The lowest BCUT2D eigenvalue weighted by Gasteiger charge is -2.07. The Morgan fingerprint density at radius 1 is 1.26 bits per heavy atom. The molecule has 0 aliphatic carbocycles. The van der Waals surface area contributed by atoms with E-state index in [2.05, 4.69) is 20.8 Å². The molecule has 0 spiro atoms. The van der Waals surface area contributed by atoms with Crippen molar-refractivity contribution in [3.8, 4) is 0 Å². The van der Waals surface area contributed by atoms with Crippen LogP contribution in [0.5, 0.6) is 0 Å². The highest BCUT2D eigenvalue weighted by atomic mass is 32.2. The molecule has 2 rings (SSSR count). The van der Waals surface area contributed by atoms with E-state index in [1.165, 1.54) is 24.2 Å². The number of nitrogens with one attached hydrogen (secondary N) is 2. The van der Waals surface area contributed by atoms with Gasteiger partial charge in [-0.3, -0.25) is 9.59 Å². The first-order valence-electron chi connectivity index (χ1n) is 6.44. The van der Waals surface area contributed by atoms with Gasteiger partial charge < -0.3 is 15.2 Å². The van der Waals surface area contributed by atoms with Crippen LogP contribution in [-0.4, -0.2) is 38.9 Å². The van der Waals surface area contributed by atoms with E-state index in [0.717, 1.165) is 12.1 Å². The molecule has 0 aliphatic heterocycles. The number of nitrogens with zero attached hydrogens (tertiary/aromatic N) is 3. The highest BCUT2D eigenvalue weighted by Crippen LogP contribution is 2.13. The Kier molecular flexibility index (Phi) is 5.63. The standard InChI is InChI=1S/C13H13F2N5O2S/c1-20-7-17-19-13(20)23-6-12(22)16-5-11(21)18-8-2-3-9(14)10(15)4-8/h2-4,7H,5-6H2,1H3,(H,16,22)(H,18,21). The fraction of sp³-hybridized carbons (Fsp3) is 0.231. The molecule has 1 heterocycles. The topological polar surface area (TPSA) is 88.9 Å². The molecule has 0 saturated carbocycles. The van der Waals surface area contributed by atoms with Crippen LogP contribution < -0.4 is 10.6 Å². The molecule has 0 aliphatic rings. The van der Waals surface area contributed by atoms with Gasteiger partial charge in [-0.2, -0.15) is 0 Å². The zero-order valence-electron chi connectivity index (χ0n) is 12.0. The molecule has 0 saturated heterocycles. The predicted molar refractivity (Wildman–Crippen MR) is 79.7 cm³/mol. The maximum atomic E-state index is 13.0. The van der Waals surface area contributed by atoms with E-state index < -0.39 is 17.5 Å². The SMILES string of the molecule is Cn1cnnc1SCC(=O)NCC(=O)Nc1ccc(F)c(F)c1. The van der Waals surface area contributed by atoms with Gasteiger partial charge in [-0.25, -0.2) is 8.78 Å². The highest BCUT2D eigenvalue weighted by molar-refractivity contribution is 7.99. The number of thioether (sulfide) groups is 1.